The zero-order chi connectivity index (χ0) is 19.3. The first-order chi connectivity index (χ1) is 13.7. The Balaban J connectivity index is 1.85. The third kappa shape index (κ3) is 4.07. The highest BCUT2D eigenvalue weighted by Gasteiger charge is 2.25. The highest BCUT2D eigenvalue weighted by atomic mass is 32.2. The summed E-state index contributed by atoms with van der Waals surface area (Å²) in [5.41, 5.74) is 4.76. The Morgan fingerprint density at radius 2 is 1.50 bits per heavy atom. The van der Waals surface area contributed by atoms with Crippen LogP contribution in [0.5, 0.6) is 0 Å². The molecule has 4 heteroatoms. The fourth-order valence-electron chi connectivity index (χ4n) is 3.05. The van der Waals surface area contributed by atoms with E-state index in [1.807, 2.05) is 66.7 Å². The lowest BCUT2D eigenvalue weighted by Gasteiger charge is -2.24. The maximum atomic E-state index is 13.1. The van der Waals surface area contributed by atoms with Crippen molar-refractivity contribution in [1.82, 2.24) is 0 Å². The largest absolute Gasteiger partial charge is 0.280 e. The van der Waals surface area contributed by atoms with Crippen molar-refractivity contribution in [2.75, 3.05) is 10.7 Å². The van der Waals surface area contributed by atoms with Gasteiger partial charge in [0.05, 0.1) is 22.2 Å². The summed E-state index contributed by atoms with van der Waals surface area (Å²) >= 11 is 1.47. The van der Waals surface area contributed by atoms with Crippen molar-refractivity contribution >= 4 is 39.8 Å². The Morgan fingerprint density at radius 1 is 0.857 bits per heavy atom. The number of anilines is 1. The highest BCUT2D eigenvalue weighted by Crippen LogP contribution is 2.32. The van der Waals surface area contributed by atoms with Crippen LogP contribution in [0.15, 0.2) is 96.0 Å². The molecular formula is C24H20N2OS. The van der Waals surface area contributed by atoms with E-state index in [1.54, 1.807) is 4.90 Å². The number of carbonyl (C=O) groups is 1. The molecule has 0 aromatic heterocycles. The molecule has 0 radical (unpaired) electrons. The van der Waals surface area contributed by atoms with Gasteiger partial charge in [0.25, 0.3) is 0 Å². The first kappa shape index (κ1) is 18.3. The number of aliphatic imine (C=N–C) groups is 1. The quantitative estimate of drug-likeness (QED) is 0.568. The summed E-state index contributed by atoms with van der Waals surface area (Å²) in [6, 6.07) is 27.9. The summed E-state index contributed by atoms with van der Waals surface area (Å²) in [5, 5.41) is 0.827. The van der Waals surface area contributed by atoms with Crippen molar-refractivity contribution in [2.45, 2.75) is 6.92 Å². The van der Waals surface area contributed by atoms with Crippen molar-refractivity contribution in [3.8, 4) is 0 Å². The molecular weight excluding hydrogens is 364 g/mol. The summed E-state index contributed by atoms with van der Waals surface area (Å²) in [5.74, 6) is 0.383. The lowest BCUT2D eigenvalue weighted by molar-refractivity contribution is -0.115. The van der Waals surface area contributed by atoms with Gasteiger partial charge in [0, 0.05) is 5.69 Å². The van der Waals surface area contributed by atoms with Gasteiger partial charge in [-0.25, -0.2) is 4.99 Å². The Morgan fingerprint density at radius 3 is 2.18 bits per heavy atom. The van der Waals surface area contributed by atoms with Gasteiger partial charge in [-0.2, -0.15) is 0 Å². The van der Waals surface area contributed by atoms with E-state index < -0.39 is 0 Å². The predicted octanol–water partition coefficient (Wildman–Crippen LogP) is 5.85. The van der Waals surface area contributed by atoms with Crippen LogP contribution in [-0.4, -0.2) is 16.7 Å². The molecule has 1 aliphatic rings. The fraction of sp³-hybridized carbons (Fsp3) is 0.0833. The number of rotatable bonds is 3. The average Bonchev–Trinajstić information content (AvgIpc) is 2.89. The number of hydrogen-bond donors (Lipinski definition) is 0. The number of amides is 1. The highest BCUT2D eigenvalue weighted by molar-refractivity contribution is 8.14. The van der Waals surface area contributed by atoms with Crippen LogP contribution >= 0.6 is 11.8 Å². The number of hydrogen-bond acceptors (Lipinski definition) is 3. The standard InChI is InChI=1S/C24H20N2OS/c1-18-12-14-19(15-13-18)22-16-23(25-20-8-4-2-5-9-20)28-17-24(27)26(22)21-10-6-3-7-11-21/h2-16H,17H2,1H3. The molecule has 4 rings (SSSR count). The van der Waals surface area contributed by atoms with E-state index in [-0.39, 0.29) is 5.91 Å². The van der Waals surface area contributed by atoms with Crippen LogP contribution in [-0.2, 0) is 4.79 Å². The van der Waals surface area contributed by atoms with Gasteiger partial charge < -0.3 is 0 Å². The van der Waals surface area contributed by atoms with Gasteiger partial charge in [0.15, 0.2) is 0 Å². The molecule has 138 valence electrons. The summed E-state index contributed by atoms with van der Waals surface area (Å²) in [6.45, 7) is 2.06. The molecule has 3 aromatic carbocycles. The van der Waals surface area contributed by atoms with E-state index in [4.69, 9.17) is 4.99 Å². The second-order valence-electron chi connectivity index (χ2n) is 6.53. The maximum Gasteiger partial charge on any atom is 0.241 e. The number of para-hydroxylation sites is 2. The van der Waals surface area contributed by atoms with Gasteiger partial charge in [-0.1, -0.05) is 78.0 Å². The molecule has 1 heterocycles. The molecule has 0 spiro atoms. The number of thioether (sulfide) groups is 1. The van der Waals surface area contributed by atoms with Crippen LogP contribution in [0.25, 0.3) is 5.70 Å². The summed E-state index contributed by atoms with van der Waals surface area (Å²) < 4.78 is 0. The summed E-state index contributed by atoms with van der Waals surface area (Å²) in [7, 11) is 0. The van der Waals surface area contributed by atoms with Crippen molar-refractivity contribution in [3.63, 3.8) is 0 Å². The first-order valence-electron chi connectivity index (χ1n) is 9.14. The molecule has 0 saturated carbocycles. The summed E-state index contributed by atoms with van der Waals surface area (Å²) in [6.07, 6.45) is 2.01. The summed E-state index contributed by atoms with van der Waals surface area (Å²) in [4.78, 5) is 19.6. The lowest BCUT2D eigenvalue weighted by Crippen LogP contribution is -2.29. The normalized spacial score (nSPS) is 16.0. The molecule has 28 heavy (non-hydrogen) atoms. The molecule has 0 atom stereocenters. The van der Waals surface area contributed by atoms with Crippen LogP contribution in [0.2, 0.25) is 0 Å². The maximum absolute atomic E-state index is 13.1. The number of nitrogens with zero attached hydrogens (tertiary/aromatic N) is 2. The van der Waals surface area contributed by atoms with Gasteiger partial charge in [-0.15, -0.1) is 0 Å². The zero-order valence-corrected chi connectivity index (χ0v) is 16.4. The average molecular weight is 385 g/mol. The number of aryl methyl sites for hydroxylation is 1. The Hall–Kier alpha value is -3.11. The van der Waals surface area contributed by atoms with E-state index in [0.717, 1.165) is 27.7 Å². The molecule has 0 N–H and O–H groups in total. The monoisotopic (exact) mass is 384 g/mol. The smallest absolute Gasteiger partial charge is 0.241 e. The third-order valence-corrected chi connectivity index (χ3v) is 5.35. The minimum atomic E-state index is 0.0429. The van der Waals surface area contributed by atoms with Gasteiger partial charge >= 0.3 is 0 Å². The molecule has 0 fully saturated rings. The molecule has 0 unspecified atom stereocenters. The lowest BCUT2D eigenvalue weighted by atomic mass is 10.1. The second kappa shape index (κ2) is 8.28. The zero-order valence-electron chi connectivity index (χ0n) is 15.6. The Labute approximate surface area is 169 Å². The van der Waals surface area contributed by atoms with E-state index in [2.05, 4.69) is 31.2 Å². The van der Waals surface area contributed by atoms with Crippen molar-refractivity contribution in [2.24, 2.45) is 4.99 Å². The SMILES string of the molecule is Cc1ccc(C2=CC(=Nc3ccccc3)SCC(=O)N2c2ccccc2)cc1. The topological polar surface area (TPSA) is 32.7 Å². The molecule has 0 aliphatic carbocycles. The van der Waals surface area contributed by atoms with E-state index in [9.17, 15) is 4.79 Å². The molecule has 0 bridgehead atoms. The molecule has 1 aliphatic heterocycles. The van der Waals surface area contributed by atoms with Crippen molar-refractivity contribution < 1.29 is 4.79 Å². The number of benzene rings is 3. The Kier molecular flexibility index (Phi) is 5.40. The van der Waals surface area contributed by atoms with Crippen LogP contribution < -0.4 is 4.90 Å². The van der Waals surface area contributed by atoms with Crippen LogP contribution in [0.4, 0.5) is 11.4 Å². The van der Waals surface area contributed by atoms with Crippen LogP contribution in [0.1, 0.15) is 11.1 Å². The van der Waals surface area contributed by atoms with Crippen LogP contribution in [0.3, 0.4) is 0 Å². The predicted molar refractivity (Wildman–Crippen MR) is 119 cm³/mol. The minimum Gasteiger partial charge on any atom is -0.280 e. The first-order valence-corrected chi connectivity index (χ1v) is 10.1. The second-order valence-corrected chi connectivity index (χ2v) is 7.53. The van der Waals surface area contributed by atoms with E-state index in [0.29, 0.717) is 5.75 Å². The van der Waals surface area contributed by atoms with Crippen molar-refractivity contribution in [3.05, 3.63) is 102 Å². The van der Waals surface area contributed by atoms with Crippen molar-refractivity contribution in [1.29, 1.82) is 0 Å². The number of carbonyl (C=O) groups excluding carboxylic acids is 1. The van der Waals surface area contributed by atoms with E-state index in [1.165, 1.54) is 17.3 Å². The van der Waals surface area contributed by atoms with Gasteiger partial charge in [0.1, 0.15) is 0 Å². The van der Waals surface area contributed by atoms with Crippen LogP contribution in [0, 0.1) is 6.92 Å². The van der Waals surface area contributed by atoms with Gasteiger partial charge in [-0.05, 0) is 42.8 Å². The van der Waals surface area contributed by atoms with E-state index >= 15 is 0 Å². The Bertz CT molecular complexity index is 1030. The molecule has 1 amide bonds. The minimum absolute atomic E-state index is 0.0429. The van der Waals surface area contributed by atoms with Gasteiger partial charge in [-0.3, -0.25) is 9.69 Å². The van der Waals surface area contributed by atoms with Gasteiger partial charge in [0.2, 0.25) is 5.91 Å². The molecule has 3 aromatic rings. The molecule has 3 nitrogen and oxygen atoms in total. The fourth-order valence-corrected chi connectivity index (χ4v) is 3.81. The molecule has 0 saturated heterocycles. The third-order valence-electron chi connectivity index (χ3n) is 4.45.